The standard InChI is InChI=1S/C13H23N3OS/c1-6-13(4,12-15-10(3)8-18-12)16-11(17)9(2)7-14-5/h8-9,14H,6-7H2,1-5H3,(H,16,17). The van der Waals surface area contributed by atoms with Crippen LogP contribution < -0.4 is 10.6 Å². The van der Waals surface area contributed by atoms with Gasteiger partial charge in [-0.15, -0.1) is 11.3 Å². The maximum Gasteiger partial charge on any atom is 0.224 e. The van der Waals surface area contributed by atoms with E-state index in [1.165, 1.54) is 0 Å². The Labute approximate surface area is 113 Å². The van der Waals surface area contributed by atoms with Crippen molar-refractivity contribution in [3.05, 3.63) is 16.1 Å². The van der Waals surface area contributed by atoms with E-state index in [9.17, 15) is 4.79 Å². The molecule has 0 aromatic carbocycles. The Hall–Kier alpha value is -0.940. The van der Waals surface area contributed by atoms with E-state index in [4.69, 9.17) is 0 Å². The number of hydrogen-bond donors (Lipinski definition) is 2. The summed E-state index contributed by atoms with van der Waals surface area (Å²) in [7, 11) is 1.85. The monoisotopic (exact) mass is 269 g/mol. The summed E-state index contributed by atoms with van der Waals surface area (Å²) >= 11 is 1.61. The lowest BCUT2D eigenvalue weighted by Crippen LogP contribution is -2.46. The van der Waals surface area contributed by atoms with Gasteiger partial charge in [0.15, 0.2) is 0 Å². The molecule has 0 aliphatic heterocycles. The number of aromatic nitrogens is 1. The zero-order valence-corrected chi connectivity index (χ0v) is 12.6. The average Bonchev–Trinajstić information content (AvgIpc) is 2.76. The van der Waals surface area contributed by atoms with E-state index in [0.717, 1.165) is 17.1 Å². The molecule has 1 rings (SSSR count). The largest absolute Gasteiger partial charge is 0.344 e. The highest BCUT2D eigenvalue weighted by atomic mass is 32.1. The van der Waals surface area contributed by atoms with Gasteiger partial charge in [-0.05, 0) is 27.3 Å². The molecule has 1 aromatic rings. The summed E-state index contributed by atoms with van der Waals surface area (Å²) in [4.78, 5) is 16.6. The molecule has 1 heterocycles. The van der Waals surface area contributed by atoms with Crippen LogP contribution in [0.5, 0.6) is 0 Å². The molecular formula is C13H23N3OS. The van der Waals surface area contributed by atoms with Gasteiger partial charge in [-0.3, -0.25) is 4.79 Å². The third-order valence-electron chi connectivity index (χ3n) is 3.16. The Morgan fingerprint density at radius 2 is 2.28 bits per heavy atom. The van der Waals surface area contributed by atoms with Gasteiger partial charge in [-0.2, -0.15) is 0 Å². The number of nitrogens with zero attached hydrogens (tertiary/aromatic N) is 1. The molecule has 2 unspecified atom stereocenters. The number of hydrogen-bond acceptors (Lipinski definition) is 4. The van der Waals surface area contributed by atoms with E-state index in [-0.39, 0.29) is 17.4 Å². The zero-order valence-electron chi connectivity index (χ0n) is 11.8. The zero-order chi connectivity index (χ0) is 13.8. The van der Waals surface area contributed by atoms with Gasteiger partial charge in [-0.25, -0.2) is 4.98 Å². The highest BCUT2D eigenvalue weighted by Gasteiger charge is 2.30. The summed E-state index contributed by atoms with van der Waals surface area (Å²) in [5.74, 6) is 0.0310. The summed E-state index contributed by atoms with van der Waals surface area (Å²) in [5.41, 5.74) is 0.644. The third-order valence-corrected chi connectivity index (χ3v) is 4.38. The van der Waals surface area contributed by atoms with Crippen molar-refractivity contribution < 1.29 is 4.79 Å². The minimum atomic E-state index is -0.363. The van der Waals surface area contributed by atoms with E-state index in [1.807, 2.05) is 33.2 Å². The van der Waals surface area contributed by atoms with E-state index in [2.05, 4.69) is 22.5 Å². The number of amides is 1. The van der Waals surface area contributed by atoms with Crippen molar-refractivity contribution in [2.45, 2.75) is 39.7 Å². The van der Waals surface area contributed by atoms with Gasteiger partial charge >= 0.3 is 0 Å². The molecular weight excluding hydrogens is 246 g/mol. The van der Waals surface area contributed by atoms with Crippen molar-refractivity contribution in [3.8, 4) is 0 Å². The lowest BCUT2D eigenvalue weighted by molar-refractivity contribution is -0.126. The Morgan fingerprint density at radius 1 is 1.61 bits per heavy atom. The number of carbonyl (C=O) groups is 1. The van der Waals surface area contributed by atoms with Crippen LogP contribution in [0, 0.1) is 12.8 Å². The fourth-order valence-electron chi connectivity index (χ4n) is 1.69. The Kier molecular flexibility index (Phi) is 5.28. The first kappa shape index (κ1) is 15.1. The molecule has 2 N–H and O–H groups in total. The minimum Gasteiger partial charge on any atom is -0.344 e. The molecule has 1 amide bonds. The number of nitrogens with one attached hydrogen (secondary N) is 2. The van der Waals surface area contributed by atoms with Crippen molar-refractivity contribution in [1.29, 1.82) is 0 Å². The summed E-state index contributed by atoms with van der Waals surface area (Å²) in [6.45, 7) is 8.69. The van der Waals surface area contributed by atoms with Crippen molar-refractivity contribution in [3.63, 3.8) is 0 Å². The van der Waals surface area contributed by atoms with E-state index in [1.54, 1.807) is 11.3 Å². The van der Waals surface area contributed by atoms with Gasteiger partial charge in [0, 0.05) is 23.5 Å². The number of thiazole rings is 1. The van der Waals surface area contributed by atoms with Crippen LogP contribution in [0.3, 0.4) is 0 Å². The van der Waals surface area contributed by atoms with Gasteiger partial charge in [0.2, 0.25) is 5.91 Å². The molecule has 0 bridgehead atoms. The molecule has 2 atom stereocenters. The van der Waals surface area contributed by atoms with Crippen molar-refractivity contribution in [2.75, 3.05) is 13.6 Å². The first-order chi connectivity index (χ1) is 8.42. The first-order valence-corrected chi connectivity index (χ1v) is 7.20. The second-order valence-electron chi connectivity index (χ2n) is 4.93. The van der Waals surface area contributed by atoms with Crippen molar-refractivity contribution in [1.82, 2.24) is 15.6 Å². The van der Waals surface area contributed by atoms with Crippen LogP contribution >= 0.6 is 11.3 Å². The van der Waals surface area contributed by atoms with Gasteiger partial charge < -0.3 is 10.6 Å². The maximum absolute atomic E-state index is 12.1. The average molecular weight is 269 g/mol. The molecule has 0 aliphatic carbocycles. The molecule has 102 valence electrons. The minimum absolute atomic E-state index is 0.0399. The van der Waals surface area contributed by atoms with Crippen LogP contribution in [0.2, 0.25) is 0 Å². The van der Waals surface area contributed by atoms with Gasteiger partial charge in [0.05, 0.1) is 5.54 Å². The summed E-state index contributed by atoms with van der Waals surface area (Å²) in [6, 6.07) is 0. The van der Waals surface area contributed by atoms with Crippen molar-refractivity contribution in [2.24, 2.45) is 5.92 Å². The fraction of sp³-hybridized carbons (Fsp3) is 0.692. The highest BCUT2D eigenvalue weighted by molar-refractivity contribution is 7.09. The van der Waals surface area contributed by atoms with Crippen LogP contribution in [-0.2, 0) is 10.3 Å². The third kappa shape index (κ3) is 3.53. The van der Waals surface area contributed by atoms with Crippen LogP contribution in [0.25, 0.3) is 0 Å². The normalized spacial score (nSPS) is 16.1. The number of carbonyl (C=O) groups excluding carboxylic acids is 1. The molecule has 0 fully saturated rings. The maximum atomic E-state index is 12.1. The summed E-state index contributed by atoms with van der Waals surface area (Å²) in [6.07, 6.45) is 0.831. The Balaban J connectivity index is 2.80. The Morgan fingerprint density at radius 3 is 2.72 bits per heavy atom. The SMILES string of the molecule is CCC(C)(NC(=O)C(C)CNC)c1nc(C)cs1. The van der Waals surface area contributed by atoms with Crippen molar-refractivity contribution >= 4 is 17.2 Å². The molecule has 0 spiro atoms. The lowest BCUT2D eigenvalue weighted by atomic mass is 9.98. The topological polar surface area (TPSA) is 54.0 Å². The summed E-state index contributed by atoms with van der Waals surface area (Å²) in [5, 5.41) is 9.15. The van der Waals surface area contributed by atoms with Gasteiger partial charge in [-0.1, -0.05) is 13.8 Å². The van der Waals surface area contributed by atoms with E-state index >= 15 is 0 Å². The molecule has 1 aromatic heterocycles. The number of rotatable bonds is 6. The van der Waals surface area contributed by atoms with Gasteiger partial charge in [0.1, 0.15) is 5.01 Å². The van der Waals surface area contributed by atoms with Gasteiger partial charge in [0.25, 0.3) is 0 Å². The molecule has 0 saturated carbocycles. The quantitative estimate of drug-likeness (QED) is 0.831. The molecule has 0 radical (unpaired) electrons. The predicted molar refractivity (Wildman–Crippen MR) is 75.7 cm³/mol. The highest BCUT2D eigenvalue weighted by Crippen LogP contribution is 2.27. The second-order valence-corrected chi connectivity index (χ2v) is 5.79. The lowest BCUT2D eigenvalue weighted by Gasteiger charge is -2.29. The fourth-order valence-corrected chi connectivity index (χ4v) is 2.68. The molecule has 0 saturated heterocycles. The second kappa shape index (κ2) is 6.29. The molecule has 4 nitrogen and oxygen atoms in total. The van der Waals surface area contributed by atoms with E-state index in [0.29, 0.717) is 6.54 Å². The van der Waals surface area contributed by atoms with Crippen LogP contribution in [0.4, 0.5) is 0 Å². The van der Waals surface area contributed by atoms with E-state index < -0.39 is 0 Å². The number of aryl methyl sites for hydroxylation is 1. The predicted octanol–water partition coefficient (Wildman–Crippen LogP) is 2.05. The van der Waals surface area contributed by atoms with Crippen LogP contribution in [0.15, 0.2) is 5.38 Å². The molecule has 0 aliphatic rings. The first-order valence-electron chi connectivity index (χ1n) is 6.32. The van der Waals surface area contributed by atoms with Crippen LogP contribution in [-0.4, -0.2) is 24.5 Å². The smallest absolute Gasteiger partial charge is 0.224 e. The molecule has 18 heavy (non-hydrogen) atoms. The van der Waals surface area contributed by atoms with Crippen LogP contribution in [0.1, 0.15) is 37.9 Å². The molecule has 5 heteroatoms. The summed E-state index contributed by atoms with van der Waals surface area (Å²) < 4.78 is 0. The Bertz CT molecular complexity index is 405.